The Bertz CT molecular complexity index is 1030. The molecule has 0 amide bonds. The third kappa shape index (κ3) is 3.13. The second-order valence-electron chi connectivity index (χ2n) is 5.83. The van der Waals surface area contributed by atoms with Gasteiger partial charge in [0.25, 0.3) is 11.2 Å². The van der Waals surface area contributed by atoms with E-state index in [4.69, 9.17) is 0 Å². The van der Waals surface area contributed by atoms with Gasteiger partial charge in [-0.1, -0.05) is 13.8 Å². The van der Waals surface area contributed by atoms with Crippen LogP contribution in [0.25, 0.3) is 10.8 Å². The fraction of sp³-hybridized carbons (Fsp3) is 0.278. The molecule has 0 unspecified atom stereocenters. The van der Waals surface area contributed by atoms with Crippen LogP contribution in [0.2, 0.25) is 0 Å². The van der Waals surface area contributed by atoms with Crippen molar-refractivity contribution in [3.63, 3.8) is 0 Å². The Labute approximate surface area is 149 Å². The summed E-state index contributed by atoms with van der Waals surface area (Å²) >= 11 is 0. The number of nitro benzene ring substituents is 1. The van der Waals surface area contributed by atoms with Gasteiger partial charge in [-0.25, -0.2) is 5.10 Å². The van der Waals surface area contributed by atoms with E-state index in [0.717, 1.165) is 17.7 Å². The Morgan fingerprint density at radius 3 is 2.65 bits per heavy atom. The summed E-state index contributed by atoms with van der Waals surface area (Å²) in [5, 5.41) is 22.3. The standard InChI is InChI=1S/C18H19N5O3/c1-3-11-14(18(24)22-21-15(11)4-2)10-20-16-5-6-17(23(25)26)13-9-19-8-7-12(13)16/h5-9,20H,3-4,10H2,1-2H3,(H,22,24). The van der Waals surface area contributed by atoms with Crippen LogP contribution in [0, 0.1) is 10.1 Å². The maximum absolute atomic E-state index is 12.2. The Hall–Kier alpha value is -3.29. The molecule has 8 nitrogen and oxygen atoms in total. The van der Waals surface area contributed by atoms with E-state index >= 15 is 0 Å². The number of pyridine rings is 1. The molecule has 0 bridgehead atoms. The molecule has 2 N–H and O–H groups in total. The van der Waals surface area contributed by atoms with Gasteiger partial charge in [0, 0.05) is 41.6 Å². The van der Waals surface area contributed by atoms with Crippen molar-refractivity contribution in [2.24, 2.45) is 0 Å². The minimum absolute atomic E-state index is 0.00271. The second-order valence-corrected chi connectivity index (χ2v) is 5.83. The fourth-order valence-electron chi connectivity index (χ4n) is 3.13. The zero-order chi connectivity index (χ0) is 18.7. The average Bonchev–Trinajstić information content (AvgIpc) is 2.66. The van der Waals surface area contributed by atoms with Crippen molar-refractivity contribution in [1.82, 2.24) is 15.2 Å². The molecule has 0 aliphatic rings. The first-order chi connectivity index (χ1) is 12.6. The smallest absolute Gasteiger partial charge is 0.278 e. The zero-order valence-electron chi connectivity index (χ0n) is 14.6. The summed E-state index contributed by atoms with van der Waals surface area (Å²) in [6.07, 6.45) is 4.51. The molecule has 0 saturated carbocycles. The number of benzene rings is 1. The largest absolute Gasteiger partial charge is 0.380 e. The lowest BCUT2D eigenvalue weighted by molar-refractivity contribution is -0.383. The molecule has 3 rings (SSSR count). The van der Waals surface area contributed by atoms with E-state index in [1.54, 1.807) is 18.3 Å². The summed E-state index contributed by atoms with van der Waals surface area (Å²) in [5.41, 5.74) is 2.95. The molecule has 0 saturated heterocycles. The molecule has 0 aliphatic heterocycles. The Kier molecular flexibility index (Phi) is 4.92. The number of aryl methyl sites for hydroxylation is 1. The van der Waals surface area contributed by atoms with E-state index in [1.165, 1.54) is 12.3 Å². The summed E-state index contributed by atoms with van der Waals surface area (Å²) in [5.74, 6) is 0. The van der Waals surface area contributed by atoms with Crippen LogP contribution in [0.15, 0.2) is 35.4 Å². The SMILES string of the molecule is CCc1n[nH]c(=O)c(CNc2ccc([N+](=O)[O-])c3cnccc23)c1CC. The van der Waals surface area contributed by atoms with Crippen LogP contribution in [0.5, 0.6) is 0 Å². The van der Waals surface area contributed by atoms with Crippen LogP contribution in [0.1, 0.15) is 30.7 Å². The van der Waals surface area contributed by atoms with E-state index in [1.807, 2.05) is 13.8 Å². The van der Waals surface area contributed by atoms with E-state index in [-0.39, 0.29) is 11.2 Å². The van der Waals surface area contributed by atoms with E-state index in [9.17, 15) is 14.9 Å². The molecule has 134 valence electrons. The van der Waals surface area contributed by atoms with E-state index in [0.29, 0.717) is 35.0 Å². The average molecular weight is 353 g/mol. The number of aromatic nitrogens is 3. The topological polar surface area (TPSA) is 114 Å². The quantitative estimate of drug-likeness (QED) is 0.520. The molecule has 1 aromatic carbocycles. The predicted octanol–water partition coefficient (Wildman–Crippen LogP) is 2.96. The van der Waals surface area contributed by atoms with Crippen LogP contribution in [-0.2, 0) is 19.4 Å². The number of anilines is 1. The van der Waals surface area contributed by atoms with Crippen molar-refractivity contribution in [1.29, 1.82) is 0 Å². The molecule has 2 heterocycles. The van der Waals surface area contributed by atoms with Gasteiger partial charge < -0.3 is 5.32 Å². The lowest BCUT2D eigenvalue weighted by atomic mass is 10.0. The highest BCUT2D eigenvalue weighted by Gasteiger charge is 2.16. The van der Waals surface area contributed by atoms with Crippen molar-refractivity contribution in [3.8, 4) is 0 Å². The molecule has 0 atom stereocenters. The molecular formula is C18H19N5O3. The van der Waals surface area contributed by atoms with Crippen LogP contribution in [0.3, 0.4) is 0 Å². The Morgan fingerprint density at radius 1 is 1.15 bits per heavy atom. The molecule has 0 spiro atoms. The van der Waals surface area contributed by atoms with Gasteiger partial charge in [-0.2, -0.15) is 5.10 Å². The van der Waals surface area contributed by atoms with Crippen LogP contribution in [-0.4, -0.2) is 20.1 Å². The van der Waals surface area contributed by atoms with Gasteiger partial charge in [-0.3, -0.25) is 19.9 Å². The Balaban J connectivity index is 2.01. The number of nitrogens with zero attached hydrogens (tertiary/aromatic N) is 3. The molecule has 2 aromatic heterocycles. The molecule has 26 heavy (non-hydrogen) atoms. The number of nitrogens with one attached hydrogen (secondary N) is 2. The number of aromatic amines is 1. The minimum Gasteiger partial charge on any atom is -0.380 e. The zero-order valence-corrected chi connectivity index (χ0v) is 14.6. The molecule has 3 aromatic rings. The number of rotatable bonds is 6. The summed E-state index contributed by atoms with van der Waals surface area (Å²) in [6, 6.07) is 4.82. The van der Waals surface area contributed by atoms with Crippen LogP contribution in [0.4, 0.5) is 11.4 Å². The highest BCUT2D eigenvalue weighted by Crippen LogP contribution is 2.31. The van der Waals surface area contributed by atoms with Crippen molar-refractivity contribution < 1.29 is 4.92 Å². The van der Waals surface area contributed by atoms with Gasteiger partial charge in [-0.15, -0.1) is 0 Å². The van der Waals surface area contributed by atoms with Gasteiger partial charge in [0.1, 0.15) is 0 Å². The monoisotopic (exact) mass is 353 g/mol. The normalized spacial score (nSPS) is 10.8. The van der Waals surface area contributed by atoms with E-state index in [2.05, 4.69) is 20.5 Å². The van der Waals surface area contributed by atoms with Crippen molar-refractivity contribution >= 4 is 22.1 Å². The third-order valence-corrected chi connectivity index (χ3v) is 4.41. The molecule has 0 radical (unpaired) electrons. The lowest BCUT2D eigenvalue weighted by Crippen LogP contribution is -2.22. The minimum atomic E-state index is -0.427. The highest BCUT2D eigenvalue weighted by molar-refractivity contribution is 5.99. The van der Waals surface area contributed by atoms with E-state index < -0.39 is 4.92 Å². The summed E-state index contributed by atoms with van der Waals surface area (Å²) in [6.45, 7) is 4.29. The fourth-order valence-corrected chi connectivity index (χ4v) is 3.13. The summed E-state index contributed by atoms with van der Waals surface area (Å²) < 4.78 is 0. The summed E-state index contributed by atoms with van der Waals surface area (Å²) in [4.78, 5) is 27.0. The first-order valence-electron chi connectivity index (χ1n) is 8.41. The molecule has 0 aliphatic carbocycles. The third-order valence-electron chi connectivity index (χ3n) is 4.41. The number of hydrogen-bond acceptors (Lipinski definition) is 6. The predicted molar refractivity (Wildman–Crippen MR) is 99.3 cm³/mol. The number of nitro groups is 1. The number of fused-ring (bicyclic) bond motifs is 1. The number of non-ortho nitro benzene ring substituents is 1. The lowest BCUT2D eigenvalue weighted by Gasteiger charge is -2.13. The van der Waals surface area contributed by atoms with Gasteiger partial charge in [0.05, 0.1) is 16.0 Å². The van der Waals surface area contributed by atoms with Crippen LogP contribution >= 0.6 is 0 Å². The highest BCUT2D eigenvalue weighted by atomic mass is 16.6. The molecule has 8 heteroatoms. The maximum Gasteiger partial charge on any atom is 0.278 e. The van der Waals surface area contributed by atoms with Gasteiger partial charge in [0.2, 0.25) is 0 Å². The first kappa shape index (κ1) is 17.5. The Morgan fingerprint density at radius 2 is 1.96 bits per heavy atom. The van der Waals surface area contributed by atoms with Crippen molar-refractivity contribution in [2.45, 2.75) is 33.2 Å². The number of hydrogen-bond donors (Lipinski definition) is 2. The van der Waals surface area contributed by atoms with Gasteiger partial charge >= 0.3 is 0 Å². The van der Waals surface area contributed by atoms with Crippen molar-refractivity contribution in [3.05, 3.63) is 67.9 Å². The van der Waals surface area contributed by atoms with Gasteiger partial charge in [-0.05, 0) is 30.5 Å². The maximum atomic E-state index is 12.2. The molecule has 0 fully saturated rings. The van der Waals surface area contributed by atoms with Crippen LogP contribution < -0.4 is 10.9 Å². The van der Waals surface area contributed by atoms with Crippen molar-refractivity contribution in [2.75, 3.05) is 5.32 Å². The summed E-state index contributed by atoms with van der Waals surface area (Å²) in [7, 11) is 0. The second kappa shape index (κ2) is 7.30. The molecular weight excluding hydrogens is 334 g/mol. The van der Waals surface area contributed by atoms with Gasteiger partial charge in [0.15, 0.2) is 0 Å². The first-order valence-corrected chi connectivity index (χ1v) is 8.41. The number of H-pyrrole nitrogens is 1.